The number of nitrogens with zero attached hydrogens (tertiary/aromatic N) is 3. The van der Waals surface area contributed by atoms with Crippen molar-refractivity contribution in [2.75, 3.05) is 59.7 Å². The molecule has 0 aromatic carbocycles. The number of carbonyl (C=O) groups excluding carboxylic acids is 1. The van der Waals surface area contributed by atoms with Crippen LogP contribution in [0, 0.1) is 0 Å². The Balaban J connectivity index is 1.70. The van der Waals surface area contributed by atoms with E-state index in [9.17, 15) is 9.90 Å². The number of carbonyl (C=O) groups is 1. The number of aliphatic hydroxyl groups is 1. The minimum atomic E-state index is -0.396. The van der Waals surface area contributed by atoms with Crippen LogP contribution in [-0.2, 0) is 9.53 Å². The summed E-state index contributed by atoms with van der Waals surface area (Å²) in [5, 5.41) is 9.98. The summed E-state index contributed by atoms with van der Waals surface area (Å²) in [6, 6.07) is 0. The number of aliphatic hydroxyl groups excluding tert-OH is 1. The number of likely N-dealkylation sites (N-methyl/N-ethyl adjacent to an activating group) is 1. The summed E-state index contributed by atoms with van der Waals surface area (Å²) in [6.07, 6.45) is -0.396. The molecule has 1 amide bonds. The van der Waals surface area contributed by atoms with E-state index in [4.69, 9.17) is 4.74 Å². The van der Waals surface area contributed by atoms with Crippen LogP contribution < -0.4 is 0 Å². The van der Waals surface area contributed by atoms with Gasteiger partial charge >= 0.3 is 0 Å². The summed E-state index contributed by atoms with van der Waals surface area (Å²) >= 11 is 0. The lowest BCUT2D eigenvalue weighted by Gasteiger charge is -2.29. The molecule has 2 aliphatic rings. The standard InChI is InChI=1S/C11H21N3O3/c1-12-9-14(8-11(12)16)7-10(15)6-13-2-4-17-5-3-13/h10,15H,2-9H2,1H3. The first-order valence-corrected chi connectivity index (χ1v) is 6.09. The molecule has 0 aromatic heterocycles. The molecular weight excluding hydrogens is 222 g/mol. The van der Waals surface area contributed by atoms with E-state index < -0.39 is 6.10 Å². The van der Waals surface area contributed by atoms with Gasteiger partial charge in [0.1, 0.15) is 0 Å². The second-order valence-electron chi connectivity index (χ2n) is 4.81. The molecule has 0 saturated carbocycles. The molecule has 1 unspecified atom stereocenters. The van der Waals surface area contributed by atoms with Crippen LogP contribution in [0.5, 0.6) is 0 Å². The normalized spacial score (nSPS) is 25.5. The van der Waals surface area contributed by atoms with E-state index in [0.29, 0.717) is 26.3 Å². The topological polar surface area (TPSA) is 56.3 Å². The summed E-state index contributed by atoms with van der Waals surface area (Å²) in [6.45, 7) is 5.54. The summed E-state index contributed by atoms with van der Waals surface area (Å²) in [5.74, 6) is 0.128. The molecule has 2 heterocycles. The van der Waals surface area contributed by atoms with E-state index in [1.54, 1.807) is 11.9 Å². The van der Waals surface area contributed by atoms with E-state index in [0.717, 1.165) is 26.3 Å². The maximum atomic E-state index is 11.3. The maximum Gasteiger partial charge on any atom is 0.237 e. The fraction of sp³-hybridized carbons (Fsp3) is 0.909. The van der Waals surface area contributed by atoms with E-state index in [2.05, 4.69) is 4.90 Å². The number of rotatable bonds is 4. The van der Waals surface area contributed by atoms with Gasteiger partial charge in [-0.3, -0.25) is 14.6 Å². The Morgan fingerprint density at radius 1 is 1.29 bits per heavy atom. The first kappa shape index (κ1) is 12.8. The molecule has 2 fully saturated rings. The van der Waals surface area contributed by atoms with Crippen molar-refractivity contribution in [2.24, 2.45) is 0 Å². The molecule has 6 nitrogen and oxygen atoms in total. The van der Waals surface area contributed by atoms with Crippen LogP contribution in [0.1, 0.15) is 0 Å². The second-order valence-corrected chi connectivity index (χ2v) is 4.81. The number of hydrogen-bond acceptors (Lipinski definition) is 5. The molecule has 17 heavy (non-hydrogen) atoms. The van der Waals surface area contributed by atoms with Gasteiger partial charge in [-0.25, -0.2) is 0 Å². The molecule has 0 aromatic rings. The Hall–Kier alpha value is -0.690. The van der Waals surface area contributed by atoms with Gasteiger partial charge in [-0.1, -0.05) is 0 Å². The highest BCUT2D eigenvalue weighted by atomic mass is 16.5. The lowest BCUT2D eigenvalue weighted by atomic mass is 10.3. The molecule has 98 valence electrons. The van der Waals surface area contributed by atoms with Crippen molar-refractivity contribution < 1.29 is 14.6 Å². The number of morpholine rings is 1. The lowest BCUT2D eigenvalue weighted by molar-refractivity contribution is -0.125. The Labute approximate surface area is 102 Å². The highest BCUT2D eigenvalue weighted by Gasteiger charge is 2.26. The van der Waals surface area contributed by atoms with Crippen LogP contribution in [0.3, 0.4) is 0 Å². The van der Waals surface area contributed by atoms with Crippen LogP contribution in [0.4, 0.5) is 0 Å². The second kappa shape index (κ2) is 5.77. The fourth-order valence-corrected chi connectivity index (χ4v) is 2.30. The summed E-state index contributed by atoms with van der Waals surface area (Å²) in [7, 11) is 1.79. The van der Waals surface area contributed by atoms with Gasteiger partial charge in [-0.15, -0.1) is 0 Å². The molecule has 1 N–H and O–H groups in total. The fourth-order valence-electron chi connectivity index (χ4n) is 2.30. The van der Waals surface area contributed by atoms with E-state index in [1.807, 2.05) is 4.90 Å². The first-order valence-electron chi connectivity index (χ1n) is 6.09. The van der Waals surface area contributed by atoms with Crippen LogP contribution in [0.15, 0.2) is 0 Å². The van der Waals surface area contributed by atoms with Gasteiger partial charge in [-0.2, -0.15) is 0 Å². The third-order valence-electron chi connectivity index (χ3n) is 3.24. The third kappa shape index (κ3) is 3.64. The number of ether oxygens (including phenoxy) is 1. The number of amides is 1. The third-order valence-corrected chi connectivity index (χ3v) is 3.24. The quantitative estimate of drug-likeness (QED) is 0.645. The summed E-state index contributed by atoms with van der Waals surface area (Å²) in [5.41, 5.74) is 0. The molecule has 2 rings (SSSR count). The Kier molecular flexibility index (Phi) is 4.33. The maximum absolute atomic E-state index is 11.3. The zero-order valence-corrected chi connectivity index (χ0v) is 10.3. The van der Waals surface area contributed by atoms with Crippen molar-refractivity contribution in [2.45, 2.75) is 6.10 Å². The van der Waals surface area contributed by atoms with Gasteiger partial charge in [0.2, 0.25) is 5.91 Å². The van der Waals surface area contributed by atoms with Crippen molar-refractivity contribution in [3.05, 3.63) is 0 Å². The molecule has 0 radical (unpaired) electrons. The highest BCUT2D eigenvalue weighted by molar-refractivity contribution is 5.79. The lowest BCUT2D eigenvalue weighted by Crippen LogP contribution is -2.44. The SMILES string of the molecule is CN1CN(CC(O)CN2CCOCC2)CC1=O. The first-order chi connectivity index (χ1) is 8.15. The highest BCUT2D eigenvalue weighted by Crippen LogP contribution is 2.06. The zero-order chi connectivity index (χ0) is 12.3. The summed E-state index contributed by atoms with van der Waals surface area (Å²) in [4.78, 5) is 17.2. The molecule has 0 spiro atoms. The minimum Gasteiger partial charge on any atom is -0.390 e. The minimum absolute atomic E-state index is 0.128. The molecule has 2 aliphatic heterocycles. The Morgan fingerprint density at radius 2 is 1.94 bits per heavy atom. The smallest absolute Gasteiger partial charge is 0.237 e. The largest absolute Gasteiger partial charge is 0.390 e. The average Bonchev–Trinajstić information content (AvgIpc) is 2.59. The average molecular weight is 243 g/mol. The Morgan fingerprint density at radius 3 is 2.53 bits per heavy atom. The van der Waals surface area contributed by atoms with Gasteiger partial charge in [-0.05, 0) is 0 Å². The molecule has 1 atom stereocenters. The van der Waals surface area contributed by atoms with Crippen molar-refractivity contribution >= 4 is 5.91 Å². The molecule has 2 saturated heterocycles. The molecule has 6 heteroatoms. The number of β-amino-alcohol motifs (C(OH)–C–C–N with tert-alkyl or cyclic N) is 1. The van der Waals surface area contributed by atoms with Gasteiger partial charge in [0.15, 0.2) is 0 Å². The van der Waals surface area contributed by atoms with Gasteiger partial charge in [0, 0.05) is 33.2 Å². The van der Waals surface area contributed by atoms with E-state index in [1.165, 1.54) is 0 Å². The van der Waals surface area contributed by atoms with Crippen LogP contribution >= 0.6 is 0 Å². The van der Waals surface area contributed by atoms with Crippen molar-refractivity contribution in [3.8, 4) is 0 Å². The van der Waals surface area contributed by atoms with Gasteiger partial charge < -0.3 is 14.7 Å². The Bertz CT molecular complexity index is 269. The van der Waals surface area contributed by atoms with Gasteiger partial charge in [0.05, 0.1) is 32.5 Å². The number of hydrogen-bond donors (Lipinski definition) is 1. The monoisotopic (exact) mass is 243 g/mol. The van der Waals surface area contributed by atoms with Crippen LogP contribution in [-0.4, -0.2) is 91.5 Å². The van der Waals surface area contributed by atoms with Crippen LogP contribution in [0.2, 0.25) is 0 Å². The van der Waals surface area contributed by atoms with Crippen molar-refractivity contribution in [3.63, 3.8) is 0 Å². The molecule has 0 bridgehead atoms. The zero-order valence-electron chi connectivity index (χ0n) is 10.3. The van der Waals surface area contributed by atoms with Crippen molar-refractivity contribution in [1.82, 2.24) is 14.7 Å². The van der Waals surface area contributed by atoms with E-state index >= 15 is 0 Å². The van der Waals surface area contributed by atoms with Gasteiger partial charge in [0.25, 0.3) is 0 Å². The predicted molar refractivity (Wildman–Crippen MR) is 62.5 cm³/mol. The summed E-state index contributed by atoms with van der Waals surface area (Å²) < 4.78 is 5.26. The van der Waals surface area contributed by atoms with Crippen molar-refractivity contribution in [1.29, 1.82) is 0 Å². The van der Waals surface area contributed by atoms with E-state index in [-0.39, 0.29) is 5.91 Å². The molecular formula is C11H21N3O3. The predicted octanol–water partition coefficient (Wildman–Crippen LogP) is -1.59. The molecule has 0 aliphatic carbocycles. The van der Waals surface area contributed by atoms with Crippen LogP contribution in [0.25, 0.3) is 0 Å².